The molecule has 25 heavy (non-hydrogen) atoms. The smallest absolute Gasteiger partial charge is 0.328 e. The number of benzene rings is 1. The van der Waals surface area contributed by atoms with Gasteiger partial charge in [0, 0.05) is 0 Å². The lowest BCUT2D eigenvalue weighted by atomic mass is 10.2. The Hall–Kier alpha value is -2.81. The van der Waals surface area contributed by atoms with Crippen LogP contribution in [0.15, 0.2) is 29.2 Å². The lowest BCUT2D eigenvalue weighted by Crippen LogP contribution is -2.42. The molecule has 0 bridgehead atoms. The first-order valence-electron chi connectivity index (χ1n) is 7.19. The Bertz CT molecular complexity index is 743. The first-order chi connectivity index (χ1) is 11.8. The monoisotopic (exact) mass is 364 g/mol. The predicted molar refractivity (Wildman–Crippen MR) is 90.4 cm³/mol. The van der Waals surface area contributed by atoms with Crippen LogP contribution in [0.4, 0.5) is 4.79 Å². The van der Waals surface area contributed by atoms with Crippen molar-refractivity contribution in [1.82, 2.24) is 4.90 Å². The maximum Gasteiger partial charge on any atom is 0.328 e. The number of esters is 1. The molecule has 0 spiro atoms. The number of hydrogen-bond donors (Lipinski definition) is 1. The Balaban J connectivity index is 2.13. The lowest BCUT2D eigenvalue weighted by Gasteiger charge is -2.18. The Morgan fingerprint density at radius 1 is 1.28 bits per heavy atom. The molecule has 8 nitrogen and oxygen atoms in total. The van der Waals surface area contributed by atoms with Gasteiger partial charge in [0.1, 0.15) is 11.8 Å². The zero-order valence-corrected chi connectivity index (χ0v) is 14.4. The summed E-state index contributed by atoms with van der Waals surface area (Å²) in [6.45, 7) is 1.19. The quantitative estimate of drug-likeness (QED) is 0.594. The van der Waals surface area contributed by atoms with E-state index in [0.29, 0.717) is 11.3 Å². The Morgan fingerprint density at radius 2 is 1.92 bits per heavy atom. The molecule has 2 N–H and O–H groups in total. The number of thioether (sulfide) groups is 1. The van der Waals surface area contributed by atoms with Crippen LogP contribution in [0.1, 0.15) is 12.5 Å². The maximum atomic E-state index is 12.4. The minimum Gasteiger partial charge on any atom is -0.484 e. The summed E-state index contributed by atoms with van der Waals surface area (Å²) >= 11 is 0.750. The molecule has 1 saturated heterocycles. The van der Waals surface area contributed by atoms with Gasteiger partial charge in [-0.3, -0.25) is 19.3 Å². The fourth-order valence-electron chi connectivity index (χ4n) is 2.06. The van der Waals surface area contributed by atoms with Crippen molar-refractivity contribution in [1.29, 1.82) is 0 Å². The Labute approximate surface area is 147 Å². The molecule has 1 aliphatic heterocycles. The summed E-state index contributed by atoms with van der Waals surface area (Å²) in [4.78, 5) is 47.7. The fraction of sp³-hybridized carbons (Fsp3) is 0.250. The van der Waals surface area contributed by atoms with E-state index >= 15 is 0 Å². The summed E-state index contributed by atoms with van der Waals surface area (Å²) in [6, 6.07) is 5.54. The number of nitrogens with two attached hydrogens (primary N) is 1. The van der Waals surface area contributed by atoms with Crippen molar-refractivity contribution in [2.45, 2.75) is 13.0 Å². The highest BCUT2D eigenvalue weighted by Crippen LogP contribution is 2.34. The molecule has 1 aromatic carbocycles. The van der Waals surface area contributed by atoms with E-state index in [-0.39, 0.29) is 11.5 Å². The Kier molecular flexibility index (Phi) is 5.81. The van der Waals surface area contributed by atoms with Crippen LogP contribution in [0.25, 0.3) is 6.08 Å². The predicted octanol–water partition coefficient (Wildman–Crippen LogP) is 1.15. The molecular weight excluding hydrogens is 348 g/mol. The van der Waals surface area contributed by atoms with Crippen LogP contribution in [0.2, 0.25) is 0 Å². The van der Waals surface area contributed by atoms with Crippen molar-refractivity contribution in [3.05, 3.63) is 34.7 Å². The van der Waals surface area contributed by atoms with Gasteiger partial charge in [-0.05, 0) is 42.5 Å². The third-order valence-electron chi connectivity index (χ3n) is 3.31. The molecule has 0 radical (unpaired) electrons. The number of rotatable bonds is 6. The van der Waals surface area contributed by atoms with Crippen LogP contribution >= 0.6 is 11.8 Å². The highest BCUT2D eigenvalue weighted by molar-refractivity contribution is 8.18. The Morgan fingerprint density at radius 3 is 2.48 bits per heavy atom. The molecular formula is C16H16N2O6S. The number of nitrogens with zero attached hydrogens (tertiary/aromatic N) is 1. The largest absolute Gasteiger partial charge is 0.484 e. The van der Waals surface area contributed by atoms with Gasteiger partial charge in [0.15, 0.2) is 6.61 Å². The average molecular weight is 364 g/mol. The summed E-state index contributed by atoms with van der Waals surface area (Å²) < 4.78 is 9.70. The van der Waals surface area contributed by atoms with E-state index < -0.39 is 29.1 Å². The van der Waals surface area contributed by atoms with Crippen LogP contribution in [0.5, 0.6) is 5.75 Å². The van der Waals surface area contributed by atoms with Gasteiger partial charge < -0.3 is 15.2 Å². The number of primary amides is 1. The van der Waals surface area contributed by atoms with Gasteiger partial charge in [-0.2, -0.15) is 0 Å². The number of methoxy groups -OCH3 is 1. The number of hydrogen-bond acceptors (Lipinski definition) is 7. The van der Waals surface area contributed by atoms with Crippen molar-refractivity contribution in [3.8, 4) is 5.75 Å². The van der Waals surface area contributed by atoms with Crippen LogP contribution < -0.4 is 10.5 Å². The van der Waals surface area contributed by atoms with E-state index in [1.54, 1.807) is 24.3 Å². The van der Waals surface area contributed by atoms with Crippen LogP contribution in [0, 0.1) is 0 Å². The third kappa shape index (κ3) is 4.38. The maximum absolute atomic E-state index is 12.4. The number of carbonyl (C=O) groups is 4. The molecule has 1 heterocycles. The minimum absolute atomic E-state index is 0.201. The second kappa shape index (κ2) is 7.84. The van der Waals surface area contributed by atoms with E-state index in [2.05, 4.69) is 4.74 Å². The van der Waals surface area contributed by atoms with E-state index in [1.165, 1.54) is 20.1 Å². The molecule has 1 aromatic rings. The van der Waals surface area contributed by atoms with Gasteiger partial charge in [0.25, 0.3) is 17.1 Å². The average Bonchev–Trinajstić information content (AvgIpc) is 2.86. The minimum atomic E-state index is -0.993. The second-order valence-electron chi connectivity index (χ2n) is 5.07. The zero-order chi connectivity index (χ0) is 18.6. The van der Waals surface area contributed by atoms with Gasteiger partial charge >= 0.3 is 5.97 Å². The summed E-state index contributed by atoms with van der Waals surface area (Å²) in [6.07, 6.45) is 1.53. The summed E-state index contributed by atoms with van der Waals surface area (Å²) in [5.74, 6) is -1.36. The summed E-state index contributed by atoms with van der Waals surface area (Å²) in [5, 5.41) is -0.532. The number of imide groups is 1. The van der Waals surface area contributed by atoms with Gasteiger partial charge in [-0.15, -0.1) is 0 Å². The molecule has 0 aliphatic carbocycles. The van der Waals surface area contributed by atoms with Crippen molar-refractivity contribution in [2.24, 2.45) is 5.73 Å². The first-order valence-corrected chi connectivity index (χ1v) is 8.01. The van der Waals surface area contributed by atoms with Crippen LogP contribution in [0.3, 0.4) is 0 Å². The highest BCUT2D eigenvalue weighted by atomic mass is 32.2. The lowest BCUT2D eigenvalue weighted by molar-refractivity contribution is -0.148. The van der Waals surface area contributed by atoms with E-state index in [4.69, 9.17) is 10.5 Å². The number of amides is 3. The van der Waals surface area contributed by atoms with Gasteiger partial charge in [-0.1, -0.05) is 12.1 Å². The zero-order valence-electron chi connectivity index (χ0n) is 13.6. The highest BCUT2D eigenvalue weighted by Gasteiger charge is 2.41. The molecule has 0 saturated carbocycles. The molecule has 0 aromatic heterocycles. The van der Waals surface area contributed by atoms with E-state index in [1.807, 2.05) is 0 Å². The van der Waals surface area contributed by atoms with E-state index in [9.17, 15) is 19.2 Å². The van der Waals surface area contributed by atoms with Crippen molar-refractivity contribution in [2.75, 3.05) is 13.7 Å². The molecule has 1 aliphatic rings. The molecule has 1 fully saturated rings. The van der Waals surface area contributed by atoms with Crippen molar-refractivity contribution < 1.29 is 28.7 Å². The van der Waals surface area contributed by atoms with Crippen LogP contribution in [-0.4, -0.2) is 47.7 Å². The third-order valence-corrected chi connectivity index (χ3v) is 4.20. The first kappa shape index (κ1) is 18.5. The molecule has 132 valence electrons. The molecule has 3 amide bonds. The molecule has 9 heteroatoms. The SMILES string of the molecule is COC(=O)[C@H](C)N1C(=O)S/C(=C/c2ccc(OCC(N)=O)cc2)C1=O. The van der Waals surface area contributed by atoms with E-state index in [0.717, 1.165) is 16.7 Å². The topological polar surface area (TPSA) is 116 Å². The summed E-state index contributed by atoms with van der Waals surface area (Å²) in [7, 11) is 1.19. The van der Waals surface area contributed by atoms with Crippen LogP contribution in [-0.2, 0) is 19.1 Å². The number of ether oxygens (including phenoxy) is 2. The van der Waals surface area contributed by atoms with Crippen molar-refractivity contribution >= 4 is 40.9 Å². The van der Waals surface area contributed by atoms with Crippen molar-refractivity contribution in [3.63, 3.8) is 0 Å². The molecule has 2 rings (SSSR count). The van der Waals surface area contributed by atoms with Gasteiger partial charge in [-0.25, -0.2) is 4.79 Å². The van der Waals surface area contributed by atoms with Gasteiger partial charge in [0.2, 0.25) is 0 Å². The molecule has 1 atom stereocenters. The fourth-order valence-corrected chi connectivity index (χ4v) is 2.96. The number of carbonyl (C=O) groups excluding carboxylic acids is 4. The van der Waals surface area contributed by atoms with Gasteiger partial charge in [0.05, 0.1) is 12.0 Å². The standard InChI is InChI=1S/C16H16N2O6S/c1-9(15(21)23-2)18-14(20)12(25-16(18)22)7-10-3-5-11(6-4-10)24-8-13(17)19/h3-7,9H,8H2,1-2H3,(H2,17,19)/b12-7+/t9-/m0/s1. The normalized spacial score (nSPS) is 16.9. The second-order valence-corrected chi connectivity index (χ2v) is 6.07. The molecule has 0 unspecified atom stereocenters. The summed E-state index contributed by atoms with van der Waals surface area (Å²) in [5.41, 5.74) is 5.65.